The molecule has 0 aliphatic carbocycles. The number of hydrogen-bond donors (Lipinski definition) is 0. The molecular formula is C7H14O3S. The lowest BCUT2D eigenvalue weighted by molar-refractivity contribution is 0.0306. The maximum Gasteiger partial charge on any atom is 0.149 e. The van der Waals surface area contributed by atoms with Crippen molar-refractivity contribution in [1.82, 2.24) is 0 Å². The summed E-state index contributed by atoms with van der Waals surface area (Å²) in [6.45, 7) is 0.722. The van der Waals surface area contributed by atoms with Crippen LogP contribution in [-0.4, -0.2) is 33.1 Å². The van der Waals surface area contributed by atoms with E-state index < -0.39 is 9.84 Å². The van der Waals surface area contributed by atoms with Crippen LogP contribution in [0.15, 0.2) is 0 Å². The van der Waals surface area contributed by atoms with Crippen molar-refractivity contribution in [3.8, 4) is 0 Å². The molecule has 0 aromatic heterocycles. The number of sulfone groups is 1. The third kappa shape index (κ3) is 3.72. The molecule has 0 aromatic carbocycles. The summed E-state index contributed by atoms with van der Waals surface area (Å²) >= 11 is 0. The molecule has 1 fully saturated rings. The first-order chi connectivity index (χ1) is 5.08. The van der Waals surface area contributed by atoms with Crippen LogP contribution in [0.25, 0.3) is 0 Å². The Morgan fingerprint density at radius 1 is 1.45 bits per heavy atom. The molecule has 66 valence electrons. The fraction of sp³-hybridized carbons (Fsp3) is 1.00. The second-order valence-corrected chi connectivity index (χ2v) is 5.27. The number of rotatable bonds is 2. The van der Waals surface area contributed by atoms with Gasteiger partial charge in [0.25, 0.3) is 0 Å². The van der Waals surface area contributed by atoms with E-state index in [1.807, 2.05) is 0 Å². The Kier molecular flexibility index (Phi) is 2.90. The lowest BCUT2D eigenvalue weighted by Crippen LogP contribution is -2.26. The van der Waals surface area contributed by atoms with Gasteiger partial charge in [-0.05, 0) is 19.3 Å². The summed E-state index contributed by atoms with van der Waals surface area (Å²) in [5, 5.41) is 0. The van der Waals surface area contributed by atoms with Gasteiger partial charge in [-0.25, -0.2) is 8.42 Å². The van der Waals surface area contributed by atoms with Crippen LogP contribution in [0.5, 0.6) is 0 Å². The lowest BCUT2D eigenvalue weighted by Gasteiger charge is -2.21. The summed E-state index contributed by atoms with van der Waals surface area (Å²) in [7, 11) is -2.85. The molecule has 0 amide bonds. The number of hydrogen-bond acceptors (Lipinski definition) is 3. The maximum atomic E-state index is 10.8. The maximum absolute atomic E-state index is 10.8. The Morgan fingerprint density at radius 3 is 2.64 bits per heavy atom. The van der Waals surface area contributed by atoms with E-state index in [2.05, 4.69) is 0 Å². The average Bonchev–Trinajstić information content (AvgIpc) is 1.85. The predicted molar refractivity (Wildman–Crippen MR) is 43.3 cm³/mol. The van der Waals surface area contributed by atoms with Gasteiger partial charge in [0.1, 0.15) is 9.84 Å². The van der Waals surface area contributed by atoms with Crippen molar-refractivity contribution in [2.24, 2.45) is 0 Å². The largest absolute Gasteiger partial charge is 0.377 e. The summed E-state index contributed by atoms with van der Waals surface area (Å²) in [6.07, 6.45) is 4.28. The molecular weight excluding hydrogens is 164 g/mol. The van der Waals surface area contributed by atoms with E-state index in [-0.39, 0.29) is 11.9 Å². The molecule has 1 aliphatic heterocycles. The van der Waals surface area contributed by atoms with Crippen LogP contribution in [0.1, 0.15) is 19.3 Å². The minimum atomic E-state index is -2.85. The second kappa shape index (κ2) is 3.54. The highest BCUT2D eigenvalue weighted by atomic mass is 32.2. The molecule has 0 aromatic rings. The summed E-state index contributed by atoms with van der Waals surface area (Å²) in [6, 6.07) is 0. The van der Waals surface area contributed by atoms with Crippen LogP contribution in [0.2, 0.25) is 0 Å². The Morgan fingerprint density at radius 2 is 2.18 bits per heavy atom. The molecule has 1 aliphatic rings. The lowest BCUT2D eigenvalue weighted by atomic mass is 10.1. The normalized spacial score (nSPS) is 26.8. The molecule has 0 bridgehead atoms. The van der Waals surface area contributed by atoms with Crippen molar-refractivity contribution >= 4 is 9.84 Å². The average molecular weight is 178 g/mol. The van der Waals surface area contributed by atoms with Gasteiger partial charge in [0, 0.05) is 12.9 Å². The predicted octanol–water partition coefficient (Wildman–Crippen LogP) is 0.600. The second-order valence-electron chi connectivity index (χ2n) is 3.08. The molecule has 1 heterocycles. The SMILES string of the molecule is CS(=O)(=O)C[C@@H]1CCCCO1. The monoisotopic (exact) mass is 178 g/mol. The first-order valence-corrected chi connectivity index (χ1v) is 5.93. The first kappa shape index (κ1) is 9.00. The zero-order chi connectivity index (χ0) is 8.32. The smallest absolute Gasteiger partial charge is 0.149 e. The van der Waals surface area contributed by atoms with Crippen molar-refractivity contribution in [3.63, 3.8) is 0 Å². The third-order valence-electron chi connectivity index (χ3n) is 1.76. The molecule has 1 atom stereocenters. The molecule has 1 saturated heterocycles. The van der Waals surface area contributed by atoms with Gasteiger partial charge in [-0.1, -0.05) is 0 Å². The third-order valence-corrected chi connectivity index (χ3v) is 2.74. The van der Waals surface area contributed by atoms with Gasteiger partial charge in [0.05, 0.1) is 11.9 Å². The Balaban J connectivity index is 2.36. The quantitative estimate of drug-likeness (QED) is 0.622. The van der Waals surface area contributed by atoms with Gasteiger partial charge in [0.15, 0.2) is 0 Å². The van der Waals surface area contributed by atoms with E-state index in [9.17, 15) is 8.42 Å². The van der Waals surface area contributed by atoms with Crippen LogP contribution in [0.3, 0.4) is 0 Å². The molecule has 0 spiro atoms. The molecule has 0 saturated carbocycles. The molecule has 3 nitrogen and oxygen atoms in total. The zero-order valence-corrected chi connectivity index (χ0v) is 7.56. The number of ether oxygens (including phenoxy) is 1. The standard InChI is InChI=1S/C7H14O3S/c1-11(8,9)6-7-4-2-3-5-10-7/h7H,2-6H2,1H3/t7-/m0/s1. The van der Waals surface area contributed by atoms with Crippen LogP contribution in [-0.2, 0) is 14.6 Å². The summed E-state index contributed by atoms with van der Waals surface area (Å²) in [5.41, 5.74) is 0. The Hall–Kier alpha value is -0.0900. The van der Waals surface area contributed by atoms with Gasteiger partial charge >= 0.3 is 0 Å². The summed E-state index contributed by atoms with van der Waals surface area (Å²) in [5.74, 6) is 0.188. The fourth-order valence-electron chi connectivity index (χ4n) is 1.28. The highest BCUT2D eigenvalue weighted by Crippen LogP contribution is 2.13. The summed E-state index contributed by atoms with van der Waals surface area (Å²) < 4.78 is 26.9. The fourth-order valence-corrected chi connectivity index (χ4v) is 2.21. The molecule has 0 N–H and O–H groups in total. The Labute approximate surface area is 67.7 Å². The molecule has 1 rings (SSSR count). The van der Waals surface area contributed by atoms with E-state index in [1.165, 1.54) is 6.26 Å². The van der Waals surface area contributed by atoms with Crippen molar-refractivity contribution in [2.45, 2.75) is 25.4 Å². The molecule has 4 heteroatoms. The van der Waals surface area contributed by atoms with E-state index in [0.29, 0.717) is 0 Å². The van der Waals surface area contributed by atoms with Crippen molar-refractivity contribution in [1.29, 1.82) is 0 Å². The highest BCUT2D eigenvalue weighted by molar-refractivity contribution is 7.90. The van der Waals surface area contributed by atoms with Gasteiger partial charge in [0.2, 0.25) is 0 Å². The van der Waals surface area contributed by atoms with Crippen molar-refractivity contribution in [3.05, 3.63) is 0 Å². The minimum absolute atomic E-state index is 0.0428. The molecule has 11 heavy (non-hydrogen) atoms. The van der Waals surface area contributed by atoms with Gasteiger partial charge in [-0.15, -0.1) is 0 Å². The first-order valence-electron chi connectivity index (χ1n) is 3.87. The van der Waals surface area contributed by atoms with E-state index >= 15 is 0 Å². The van der Waals surface area contributed by atoms with E-state index in [0.717, 1.165) is 25.9 Å². The van der Waals surface area contributed by atoms with Gasteiger partial charge < -0.3 is 4.74 Å². The molecule has 0 radical (unpaired) electrons. The van der Waals surface area contributed by atoms with E-state index in [4.69, 9.17) is 4.74 Å². The van der Waals surface area contributed by atoms with Crippen LogP contribution in [0.4, 0.5) is 0 Å². The van der Waals surface area contributed by atoms with Crippen molar-refractivity contribution < 1.29 is 13.2 Å². The molecule has 0 unspecified atom stereocenters. The minimum Gasteiger partial charge on any atom is -0.377 e. The van der Waals surface area contributed by atoms with E-state index in [1.54, 1.807) is 0 Å². The van der Waals surface area contributed by atoms with Gasteiger partial charge in [-0.3, -0.25) is 0 Å². The summed E-state index contributed by atoms with van der Waals surface area (Å²) in [4.78, 5) is 0. The highest BCUT2D eigenvalue weighted by Gasteiger charge is 2.18. The van der Waals surface area contributed by atoms with Crippen molar-refractivity contribution in [2.75, 3.05) is 18.6 Å². The van der Waals surface area contributed by atoms with Crippen LogP contribution < -0.4 is 0 Å². The Bertz CT molecular complexity index is 202. The van der Waals surface area contributed by atoms with Gasteiger partial charge in [-0.2, -0.15) is 0 Å². The zero-order valence-electron chi connectivity index (χ0n) is 6.75. The topological polar surface area (TPSA) is 43.4 Å². The van der Waals surface area contributed by atoms with Crippen LogP contribution >= 0.6 is 0 Å². The van der Waals surface area contributed by atoms with Crippen LogP contribution in [0, 0.1) is 0 Å².